The first-order valence-corrected chi connectivity index (χ1v) is 10.9. The minimum absolute atomic E-state index is 0.108. The number of benzene rings is 2. The smallest absolute Gasteiger partial charge is 0.255 e. The molecule has 0 unspecified atom stereocenters. The number of anilines is 2. The Kier molecular flexibility index (Phi) is 6.33. The fraction of sp³-hybridized carbons (Fsp3) is 0.238. The number of para-hydroxylation sites is 1. The molecule has 8 heteroatoms. The maximum Gasteiger partial charge on any atom is 0.255 e. The molecule has 29 heavy (non-hydrogen) atoms. The zero-order chi connectivity index (χ0) is 20.9. The van der Waals surface area contributed by atoms with Crippen molar-refractivity contribution in [2.24, 2.45) is 0 Å². The molecular formula is C21H23N3O4S. The molecule has 1 aliphatic heterocycles. The van der Waals surface area contributed by atoms with E-state index in [2.05, 4.69) is 17.2 Å². The highest BCUT2D eigenvalue weighted by atomic mass is 32.2. The van der Waals surface area contributed by atoms with Crippen molar-refractivity contribution in [3.63, 3.8) is 0 Å². The Morgan fingerprint density at radius 3 is 2.62 bits per heavy atom. The lowest BCUT2D eigenvalue weighted by atomic mass is 10.1. The van der Waals surface area contributed by atoms with Gasteiger partial charge in [-0.25, -0.2) is 8.42 Å². The topological polar surface area (TPSA) is 95.6 Å². The van der Waals surface area contributed by atoms with Crippen LogP contribution in [0.3, 0.4) is 0 Å². The third kappa shape index (κ3) is 4.83. The third-order valence-electron chi connectivity index (χ3n) is 4.57. The van der Waals surface area contributed by atoms with E-state index in [-0.39, 0.29) is 11.7 Å². The van der Waals surface area contributed by atoms with E-state index in [4.69, 9.17) is 0 Å². The normalized spacial score (nSPS) is 15.4. The number of carbonyl (C=O) groups excluding carboxylic acids is 2. The predicted octanol–water partition coefficient (Wildman–Crippen LogP) is 2.78. The SMILES string of the molecule is C=CCNC(=O)c1ccccc1NC(=O)c1cccc(N2CCCCS2(=O)=O)c1. The molecule has 1 heterocycles. The van der Waals surface area contributed by atoms with Crippen molar-refractivity contribution in [2.75, 3.05) is 28.5 Å². The van der Waals surface area contributed by atoms with E-state index in [1.807, 2.05) is 0 Å². The summed E-state index contributed by atoms with van der Waals surface area (Å²) in [4.78, 5) is 25.1. The van der Waals surface area contributed by atoms with Crippen molar-refractivity contribution in [1.29, 1.82) is 0 Å². The number of hydrogen-bond acceptors (Lipinski definition) is 4. The number of nitrogens with zero attached hydrogens (tertiary/aromatic N) is 1. The molecule has 0 spiro atoms. The fourth-order valence-corrected chi connectivity index (χ4v) is 4.76. The van der Waals surface area contributed by atoms with Gasteiger partial charge in [0.1, 0.15) is 0 Å². The molecule has 0 atom stereocenters. The molecule has 1 saturated heterocycles. The highest BCUT2D eigenvalue weighted by Crippen LogP contribution is 2.25. The summed E-state index contributed by atoms with van der Waals surface area (Å²) >= 11 is 0. The summed E-state index contributed by atoms with van der Waals surface area (Å²) in [5, 5.41) is 5.42. The molecule has 3 rings (SSSR count). The van der Waals surface area contributed by atoms with Gasteiger partial charge in [0.2, 0.25) is 10.0 Å². The van der Waals surface area contributed by atoms with Crippen molar-refractivity contribution in [3.8, 4) is 0 Å². The predicted molar refractivity (Wildman–Crippen MR) is 114 cm³/mol. The lowest BCUT2D eigenvalue weighted by molar-refractivity contribution is 0.0959. The number of sulfonamides is 1. The number of amides is 2. The highest BCUT2D eigenvalue weighted by Gasteiger charge is 2.26. The lowest BCUT2D eigenvalue weighted by Gasteiger charge is -2.28. The molecule has 0 radical (unpaired) electrons. The highest BCUT2D eigenvalue weighted by molar-refractivity contribution is 7.92. The van der Waals surface area contributed by atoms with Crippen LogP contribution in [0, 0.1) is 0 Å². The Morgan fingerprint density at radius 2 is 1.86 bits per heavy atom. The molecule has 2 amide bonds. The van der Waals surface area contributed by atoms with Gasteiger partial charge in [0.05, 0.1) is 22.7 Å². The molecule has 2 aromatic rings. The largest absolute Gasteiger partial charge is 0.349 e. The van der Waals surface area contributed by atoms with Gasteiger partial charge in [0.15, 0.2) is 0 Å². The summed E-state index contributed by atoms with van der Waals surface area (Å²) in [5.41, 5.74) is 1.48. The van der Waals surface area contributed by atoms with Crippen LogP contribution in [0.15, 0.2) is 61.2 Å². The summed E-state index contributed by atoms with van der Waals surface area (Å²) in [6.45, 7) is 4.28. The summed E-state index contributed by atoms with van der Waals surface area (Å²) in [6.07, 6.45) is 2.99. The van der Waals surface area contributed by atoms with E-state index in [0.29, 0.717) is 42.0 Å². The Morgan fingerprint density at radius 1 is 1.07 bits per heavy atom. The third-order valence-corrected chi connectivity index (χ3v) is 6.44. The van der Waals surface area contributed by atoms with Gasteiger partial charge < -0.3 is 10.6 Å². The van der Waals surface area contributed by atoms with Crippen LogP contribution in [0.25, 0.3) is 0 Å². The minimum Gasteiger partial charge on any atom is -0.349 e. The number of nitrogens with one attached hydrogen (secondary N) is 2. The summed E-state index contributed by atoms with van der Waals surface area (Å²) in [6, 6.07) is 13.2. The maximum atomic E-state index is 12.8. The van der Waals surface area contributed by atoms with Gasteiger partial charge in [0, 0.05) is 18.7 Å². The van der Waals surface area contributed by atoms with Crippen LogP contribution in [0.1, 0.15) is 33.6 Å². The first-order valence-electron chi connectivity index (χ1n) is 9.32. The van der Waals surface area contributed by atoms with Crippen LogP contribution < -0.4 is 14.9 Å². The van der Waals surface area contributed by atoms with Crippen LogP contribution in [-0.2, 0) is 10.0 Å². The van der Waals surface area contributed by atoms with Gasteiger partial charge in [0.25, 0.3) is 11.8 Å². The second-order valence-electron chi connectivity index (χ2n) is 6.64. The van der Waals surface area contributed by atoms with Gasteiger partial charge in [-0.3, -0.25) is 13.9 Å². The van der Waals surface area contributed by atoms with E-state index in [9.17, 15) is 18.0 Å². The van der Waals surface area contributed by atoms with Crippen molar-refractivity contribution in [1.82, 2.24) is 5.32 Å². The second-order valence-corrected chi connectivity index (χ2v) is 8.66. The van der Waals surface area contributed by atoms with Gasteiger partial charge >= 0.3 is 0 Å². The summed E-state index contributed by atoms with van der Waals surface area (Å²) in [5.74, 6) is -0.643. The number of hydrogen-bond donors (Lipinski definition) is 2. The average Bonchev–Trinajstić information content (AvgIpc) is 2.72. The molecule has 152 valence electrons. The van der Waals surface area contributed by atoms with Crippen LogP contribution in [0.5, 0.6) is 0 Å². The van der Waals surface area contributed by atoms with E-state index < -0.39 is 15.9 Å². The van der Waals surface area contributed by atoms with E-state index in [1.165, 1.54) is 4.31 Å². The van der Waals surface area contributed by atoms with E-state index in [1.54, 1.807) is 54.6 Å². The van der Waals surface area contributed by atoms with Gasteiger partial charge in [-0.2, -0.15) is 0 Å². The van der Waals surface area contributed by atoms with Crippen LogP contribution in [0.2, 0.25) is 0 Å². The maximum absolute atomic E-state index is 12.8. The number of carbonyl (C=O) groups is 2. The molecule has 1 fully saturated rings. The zero-order valence-electron chi connectivity index (χ0n) is 15.9. The molecule has 0 aromatic heterocycles. The Bertz CT molecular complexity index is 1030. The Hall–Kier alpha value is -3.13. The molecular weight excluding hydrogens is 390 g/mol. The molecule has 7 nitrogen and oxygen atoms in total. The average molecular weight is 413 g/mol. The molecule has 0 bridgehead atoms. The van der Waals surface area contributed by atoms with E-state index >= 15 is 0 Å². The lowest BCUT2D eigenvalue weighted by Crippen LogP contribution is -2.37. The fourth-order valence-electron chi connectivity index (χ4n) is 3.13. The van der Waals surface area contributed by atoms with E-state index in [0.717, 1.165) is 6.42 Å². The van der Waals surface area contributed by atoms with Gasteiger partial charge in [-0.1, -0.05) is 24.3 Å². The standard InChI is InChI=1S/C21H23N3O4S/c1-2-12-22-21(26)18-10-3-4-11-19(18)23-20(25)16-8-7-9-17(15-16)24-13-5-6-14-29(24,27)28/h2-4,7-11,15H,1,5-6,12-14H2,(H,22,26)(H,23,25). The van der Waals surface area contributed by atoms with Crippen LogP contribution in [-0.4, -0.2) is 39.1 Å². The summed E-state index contributed by atoms with van der Waals surface area (Å²) in [7, 11) is -3.36. The first-order chi connectivity index (χ1) is 13.9. The van der Waals surface area contributed by atoms with Gasteiger partial charge in [-0.05, 0) is 43.2 Å². The van der Waals surface area contributed by atoms with Crippen molar-refractivity contribution < 1.29 is 18.0 Å². The van der Waals surface area contributed by atoms with Crippen LogP contribution >= 0.6 is 0 Å². The molecule has 1 aliphatic rings. The summed E-state index contributed by atoms with van der Waals surface area (Å²) < 4.78 is 26.0. The van der Waals surface area contributed by atoms with Crippen LogP contribution in [0.4, 0.5) is 11.4 Å². The van der Waals surface area contributed by atoms with Gasteiger partial charge in [-0.15, -0.1) is 6.58 Å². The quantitative estimate of drug-likeness (QED) is 0.712. The molecule has 2 aromatic carbocycles. The number of rotatable bonds is 6. The van der Waals surface area contributed by atoms with Crippen molar-refractivity contribution in [3.05, 3.63) is 72.3 Å². The monoisotopic (exact) mass is 413 g/mol. The molecule has 2 N–H and O–H groups in total. The Balaban J connectivity index is 1.82. The zero-order valence-corrected chi connectivity index (χ0v) is 16.7. The van der Waals surface area contributed by atoms with Crippen molar-refractivity contribution >= 4 is 33.2 Å². The second kappa shape index (κ2) is 8.91. The minimum atomic E-state index is -3.36. The molecule has 0 saturated carbocycles. The molecule has 0 aliphatic carbocycles. The first kappa shape index (κ1) is 20.6. The van der Waals surface area contributed by atoms with Crippen molar-refractivity contribution in [2.45, 2.75) is 12.8 Å². The Labute approximate surface area is 170 Å².